The van der Waals surface area contributed by atoms with E-state index in [1.54, 1.807) is 4.72 Å². The normalized spacial score (nSPS) is 21.4. The van der Waals surface area contributed by atoms with Crippen LogP contribution in [0.4, 0.5) is 4.79 Å². The van der Waals surface area contributed by atoms with Crippen molar-refractivity contribution in [2.45, 2.75) is 18.9 Å². The van der Waals surface area contributed by atoms with Gasteiger partial charge >= 0.3 is 16.3 Å². The van der Waals surface area contributed by atoms with E-state index in [1.807, 2.05) is 0 Å². The smallest absolute Gasteiger partial charge is 0.421 e. The summed E-state index contributed by atoms with van der Waals surface area (Å²) in [7, 11) is -2.86. The topological polar surface area (TPSA) is 105 Å². The molecule has 0 radical (unpaired) electrons. The predicted octanol–water partition coefficient (Wildman–Crippen LogP) is -0.613. The van der Waals surface area contributed by atoms with Crippen molar-refractivity contribution < 1.29 is 22.7 Å². The van der Waals surface area contributed by atoms with Gasteiger partial charge in [-0.05, 0) is 12.8 Å². The Balaban J connectivity index is 2.71. The van der Waals surface area contributed by atoms with Gasteiger partial charge in [0.2, 0.25) is 6.08 Å². The van der Waals surface area contributed by atoms with Crippen LogP contribution < -0.4 is 4.72 Å². The van der Waals surface area contributed by atoms with Crippen LogP contribution >= 0.6 is 0 Å². The van der Waals surface area contributed by atoms with Crippen LogP contribution in [0, 0.1) is 0 Å². The van der Waals surface area contributed by atoms with Gasteiger partial charge in [0, 0.05) is 13.1 Å². The van der Waals surface area contributed by atoms with Gasteiger partial charge in [-0.1, -0.05) is 0 Å². The molecule has 8 nitrogen and oxygen atoms in total. The summed E-state index contributed by atoms with van der Waals surface area (Å²) in [4.78, 5) is 24.4. The molecule has 9 heteroatoms. The minimum Gasteiger partial charge on any atom is -0.452 e. The molecule has 0 spiro atoms. The van der Waals surface area contributed by atoms with E-state index in [9.17, 15) is 18.0 Å². The van der Waals surface area contributed by atoms with Crippen molar-refractivity contribution in [3.05, 3.63) is 0 Å². The number of carbonyl (C=O) groups is 1. The number of carbonyl (C=O) groups excluding carboxylic acids is 2. The number of rotatable bonds is 3. The summed E-state index contributed by atoms with van der Waals surface area (Å²) in [5, 5.41) is 0. The lowest BCUT2D eigenvalue weighted by atomic mass is 10.1. The van der Waals surface area contributed by atoms with E-state index in [0.29, 0.717) is 12.8 Å². The molecule has 1 aliphatic rings. The highest BCUT2D eigenvalue weighted by Crippen LogP contribution is 2.15. The molecule has 1 amide bonds. The molecule has 0 aromatic heterocycles. The molecule has 1 atom stereocenters. The van der Waals surface area contributed by atoms with Gasteiger partial charge in [-0.2, -0.15) is 12.7 Å². The molecule has 0 aromatic rings. The Morgan fingerprint density at radius 3 is 2.88 bits per heavy atom. The zero-order chi connectivity index (χ0) is 12.9. The second kappa shape index (κ2) is 5.76. The van der Waals surface area contributed by atoms with E-state index in [2.05, 4.69) is 9.73 Å². The van der Waals surface area contributed by atoms with Crippen LogP contribution in [0.5, 0.6) is 0 Å². The Morgan fingerprint density at radius 2 is 2.29 bits per heavy atom. The first kappa shape index (κ1) is 13.6. The summed E-state index contributed by atoms with van der Waals surface area (Å²) < 4.78 is 30.4. The standard InChI is InChI=1S/C8H13N3O5S/c1-16-8(13)10-17(14,15)11-4-2-3-7(5-11)9-6-12/h7H,2-5H2,1H3,(H,10,13). The van der Waals surface area contributed by atoms with Gasteiger partial charge in [-0.15, -0.1) is 0 Å². The number of methoxy groups -OCH3 is 1. The van der Waals surface area contributed by atoms with Crippen molar-refractivity contribution in [1.29, 1.82) is 0 Å². The van der Waals surface area contributed by atoms with Crippen LogP contribution in [0.1, 0.15) is 12.8 Å². The third kappa shape index (κ3) is 3.81. The van der Waals surface area contributed by atoms with Crippen molar-refractivity contribution >= 4 is 22.4 Å². The van der Waals surface area contributed by atoms with Crippen LogP contribution in [0.25, 0.3) is 0 Å². The highest BCUT2D eigenvalue weighted by molar-refractivity contribution is 7.87. The van der Waals surface area contributed by atoms with Gasteiger partial charge in [0.15, 0.2) is 0 Å². The fourth-order valence-corrected chi connectivity index (χ4v) is 2.69. The van der Waals surface area contributed by atoms with E-state index < -0.39 is 22.3 Å². The maximum Gasteiger partial charge on any atom is 0.421 e. The van der Waals surface area contributed by atoms with E-state index in [-0.39, 0.29) is 13.1 Å². The highest BCUT2D eigenvalue weighted by Gasteiger charge is 2.30. The van der Waals surface area contributed by atoms with Crippen LogP contribution in [-0.4, -0.2) is 51.1 Å². The summed E-state index contributed by atoms with van der Waals surface area (Å²) in [5.74, 6) is 0. The lowest BCUT2D eigenvalue weighted by molar-refractivity contribution is 0.176. The maximum absolute atomic E-state index is 11.7. The zero-order valence-corrected chi connectivity index (χ0v) is 10.1. The van der Waals surface area contributed by atoms with Crippen LogP contribution in [-0.2, 0) is 19.7 Å². The first-order chi connectivity index (χ1) is 7.99. The van der Waals surface area contributed by atoms with Gasteiger partial charge < -0.3 is 4.74 Å². The minimum atomic E-state index is -3.93. The Kier molecular flexibility index (Phi) is 4.62. The average molecular weight is 263 g/mol. The number of nitrogens with one attached hydrogen (secondary N) is 1. The van der Waals surface area contributed by atoms with E-state index in [4.69, 9.17) is 0 Å². The fourth-order valence-electron chi connectivity index (χ4n) is 1.53. The molecule has 1 N–H and O–H groups in total. The van der Waals surface area contributed by atoms with Gasteiger partial charge in [-0.25, -0.2) is 19.3 Å². The number of amides is 1. The molecule has 0 saturated carbocycles. The largest absolute Gasteiger partial charge is 0.452 e. The number of ether oxygens (including phenoxy) is 1. The molecule has 96 valence electrons. The van der Waals surface area contributed by atoms with Gasteiger partial charge in [0.05, 0.1) is 13.2 Å². The SMILES string of the molecule is COC(=O)NS(=O)(=O)N1CCCC(N=C=O)C1. The third-order valence-electron chi connectivity index (χ3n) is 2.33. The molecule has 1 rings (SSSR count). The van der Waals surface area contributed by atoms with Crippen molar-refractivity contribution in [3.8, 4) is 0 Å². The van der Waals surface area contributed by atoms with Gasteiger partial charge in [-0.3, -0.25) is 0 Å². The predicted molar refractivity (Wildman–Crippen MR) is 57.2 cm³/mol. The molecule has 0 aromatic carbocycles. The monoisotopic (exact) mass is 263 g/mol. The Morgan fingerprint density at radius 1 is 1.59 bits per heavy atom. The second-order valence-electron chi connectivity index (χ2n) is 3.47. The fraction of sp³-hybridized carbons (Fsp3) is 0.750. The molecular formula is C8H13N3O5S. The number of aliphatic imine (C=N–C) groups is 1. The van der Waals surface area contributed by atoms with Crippen molar-refractivity contribution in [2.24, 2.45) is 4.99 Å². The third-order valence-corrected chi connectivity index (χ3v) is 3.77. The number of hydrogen-bond acceptors (Lipinski definition) is 6. The zero-order valence-electron chi connectivity index (χ0n) is 9.25. The summed E-state index contributed by atoms with van der Waals surface area (Å²) in [6.07, 6.45) is 1.54. The minimum absolute atomic E-state index is 0.0571. The lowest BCUT2D eigenvalue weighted by Crippen LogP contribution is -2.48. The summed E-state index contributed by atoms with van der Waals surface area (Å²) >= 11 is 0. The van der Waals surface area contributed by atoms with Gasteiger partial charge in [0.1, 0.15) is 0 Å². The van der Waals surface area contributed by atoms with Crippen LogP contribution in [0.2, 0.25) is 0 Å². The first-order valence-corrected chi connectivity index (χ1v) is 6.36. The van der Waals surface area contributed by atoms with E-state index in [0.717, 1.165) is 11.4 Å². The summed E-state index contributed by atoms with van der Waals surface area (Å²) in [6.45, 7) is 0.332. The molecule has 0 bridgehead atoms. The molecule has 1 heterocycles. The van der Waals surface area contributed by atoms with Crippen molar-refractivity contribution in [1.82, 2.24) is 9.03 Å². The van der Waals surface area contributed by atoms with Crippen LogP contribution in [0.15, 0.2) is 4.99 Å². The number of hydrogen-bond donors (Lipinski definition) is 1. The average Bonchev–Trinajstić information content (AvgIpc) is 2.29. The van der Waals surface area contributed by atoms with E-state index in [1.165, 1.54) is 6.08 Å². The first-order valence-electron chi connectivity index (χ1n) is 4.92. The second-order valence-corrected chi connectivity index (χ2v) is 5.14. The molecule has 17 heavy (non-hydrogen) atoms. The van der Waals surface area contributed by atoms with Gasteiger partial charge in [0.25, 0.3) is 0 Å². The highest BCUT2D eigenvalue weighted by atomic mass is 32.2. The number of nitrogens with zero attached hydrogens (tertiary/aromatic N) is 2. The van der Waals surface area contributed by atoms with Crippen molar-refractivity contribution in [3.63, 3.8) is 0 Å². The molecule has 1 fully saturated rings. The summed E-state index contributed by atoms with van der Waals surface area (Å²) in [5.41, 5.74) is 0. The maximum atomic E-state index is 11.7. The molecular weight excluding hydrogens is 250 g/mol. The Hall–Kier alpha value is -1.44. The van der Waals surface area contributed by atoms with E-state index >= 15 is 0 Å². The quantitative estimate of drug-likeness (QED) is 0.540. The molecule has 1 saturated heterocycles. The van der Waals surface area contributed by atoms with Crippen LogP contribution in [0.3, 0.4) is 0 Å². The Bertz CT molecular complexity index is 428. The molecule has 0 aliphatic carbocycles. The Labute approximate surface area is 98.8 Å². The molecule has 1 unspecified atom stereocenters. The van der Waals surface area contributed by atoms with Crippen molar-refractivity contribution in [2.75, 3.05) is 20.2 Å². The lowest BCUT2D eigenvalue weighted by Gasteiger charge is -2.28. The summed E-state index contributed by atoms with van der Waals surface area (Å²) in [6, 6.07) is -0.407. The molecule has 1 aliphatic heterocycles. The number of isocyanates is 1. The number of piperidine rings is 1.